The van der Waals surface area contributed by atoms with Crippen LogP contribution >= 0.6 is 35.6 Å². The molecule has 0 aromatic carbocycles. The molecule has 2 aromatic heterocycles. The summed E-state index contributed by atoms with van der Waals surface area (Å²) in [7, 11) is 5.88. The number of nitrogens with one attached hydrogen (secondary N) is 1. The van der Waals surface area contributed by atoms with Gasteiger partial charge < -0.3 is 14.8 Å². The van der Waals surface area contributed by atoms with Crippen LogP contribution in [0.5, 0.6) is 0 Å². The van der Waals surface area contributed by atoms with Gasteiger partial charge in [-0.2, -0.15) is 0 Å². The van der Waals surface area contributed by atoms with Gasteiger partial charge in [0.25, 0.3) is 0 Å². The number of rotatable bonds is 5. The summed E-state index contributed by atoms with van der Waals surface area (Å²) >= 11 is 5.79. The molecule has 0 amide bonds. The van der Waals surface area contributed by atoms with Gasteiger partial charge in [-0.25, -0.2) is 4.98 Å². The number of aryl methyl sites for hydroxylation is 1. The number of guanidine groups is 1. The molecule has 0 radical (unpaired) electrons. The molecule has 0 aliphatic rings. The standard InChI is InChI=1S/C16H22ClN5.HI/c1-18-16(22(3)12-14-5-4-10-21(14)2)19-9-8-13-6-7-15(17)20-11-13;/h4-7,10-11H,8-9,12H2,1-3H3,(H,18,19);1H. The Morgan fingerprint density at radius 3 is 2.74 bits per heavy atom. The lowest BCUT2D eigenvalue weighted by Gasteiger charge is -2.22. The van der Waals surface area contributed by atoms with Crippen LogP contribution in [0.3, 0.4) is 0 Å². The van der Waals surface area contributed by atoms with Crippen LogP contribution in [0.25, 0.3) is 0 Å². The Balaban J connectivity index is 0.00000264. The number of hydrogen-bond acceptors (Lipinski definition) is 2. The Hall–Kier alpha value is -1.28. The minimum Gasteiger partial charge on any atom is -0.356 e. The van der Waals surface area contributed by atoms with Gasteiger partial charge in [-0.05, 0) is 30.2 Å². The van der Waals surface area contributed by atoms with Crippen LogP contribution in [0, 0.1) is 0 Å². The number of aromatic nitrogens is 2. The van der Waals surface area contributed by atoms with Crippen molar-refractivity contribution in [3.8, 4) is 0 Å². The molecule has 0 fully saturated rings. The van der Waals surface area contributed by atoms with Gasteiger partial charge in [-0.15, -0.1) is 24.0 Å². The molecule has 0 aliphatic carbocycles. The smallest absolute Gasteiger partial charge is 0.193 e. The summed E-state index contributed by atoms with van der Waals surface area (Å²) in [6.45, 7) is 1.61. The van der Waals surface area contributed by atoms with Gasteiger partial charge in [0.05, 0.1) is 6.54 Å². The van der Waals surface area contributed by atoms with Crippen molar-refractivity contribution in [1.29, 1.82) is 0 Å². The maximum absolute atomic E-state index is 5.79. The molecule has 5 nitrogen and oxygen atoms in total. The fourth-order valence-electron chi connectivity index (χ4n) is 2.24. The van der Waals surface area contributed by atoms with Gasteiger partial charge in [-0.3, -0.25) is 4.99 Å². The molecule has 126 valence electrons. The van der Waals surface area contributed by atoms with E-state index in [2.05, 4.69) is 30.8 Å². The third kappa shape index (κ3) is 6.02. The zero-order valence-electron chi connectivity index (χ0n) is 13.7. The van der Waals surface area contributed by atoms with Gasteiger partial charge in [-0.1, -0.05) is 17.7 Å². The molecule has 1 N–H and O–H groups in total. The molecule has 0 bridgehead atoms. The molecular formula is C16H23ClIN5. The van der Waals surface area contributed by atoms with Crippen LogP contribution in [-0.2, 0) is 20.0 Å². The summed E-state index contributed by atoms with van der Waals surface area (Å²) in [5, 5.41) is 3.89. The van der Waals surface area contributed by atoms with Crippen molar-refractivity contribution in [2.45, 2.75) is 13.0 Å². The van der Waals surface area contributed by atoms with Crippen LogP contribution in [0.2, 0.25) is 5.15 Å². The first-order valence-corrected chi connectivity index (χ1v) is 7.60. The van der Waals surface area contributed by atoms with Crippen LogP contribution in [-0.4, -0.2) is 41.1 Å². The summed E-state index contributed by atoms with van der Waals surface area (Å²) in [6.07, 6.45) is 4.73. The third-order valence-corrected chi connectivity index (χ3v) is 3.73. The molecule has 23 heavy (non-hydrogen) atoms. The third-order valence-electron chi connectivity index (χ3n) is 3.51. The van der Waals surface area contributed by atoms with Crippen molar-refractivity contribution in [2.24, 2.45) is 12.0 Å². The van der Waals surface area contributed by atoms with Crippen molar-refractivity contribution < 1.29 is 0 Å². The van der Waals surface area contributed by atoms with E-state index in [0.29, 0.717) is 5.15 Å². The second-order valence-electron chi connectivity index (χ2n) is 5.18. The zero-order chi connectivity index (χ0) is 15.9. The highest BCUT2D eigenvalue weighted by atomic mass is 127. The summed E-state index contributed by atoms with van der Waals surface area (Å²) < 4.78 is 2.11. The fourth-order valence-corrected chi connectivity index (χ4v) is 2.35. The first kappa shape index (κ1) is 19.8. The minimum absolute atomic E-state index is 0. The summed E-state index contributed by atoms with van der Waals surface area (Å²) in [4.78, 5) is 10.5. The highest BCUT2D eigenvalue weighted by Gasteiger charge is 2.08. The Morgan fingerprint density at radius 2 is 2.17 bits per heavy atom. The first-order valence-electron chi connectivity index (χ1n) is 7.22. The lowest BCUT2D eigenvalue weighted by Crippen LogP contribution is -2.39. The molecule has 7 heteroatoms. The Morgan fingerprint density at radius 1 is 1.39 bits per heavy atom. The Labute approximate surface area is 159 Å². The van der Waals surface area contributed by atoms with Gasteiger partial charge in [0.15, 0.2) is 5.96 Å². The predicted octanol–water partition coefficient (Wildman–Crippen LogP) is 2.94. The largest absolute Gasteiger partial charge is 0.356 e. The highest BCUT2D eigenvalue weighted by molar-refractivity contribution is 14.0. The lowest BCUT2D eigenvalue weighted by molar-refractivity contribution is 0.462. The van der Waals surface area contributed by atoms with Crippen molar-refractivity contribution >= 4 is 41.5 Å². The molecule has 0 atom stereocenters. The van der Waals surface area contributed by atoms with E-state index in [4.69, 9.17) is 11.6 Å². The van der Waals surface area contributed by atoms with Gasteiger partial charge in [0.2, 0.25) is 0 Å². The number of halogens is 2. The molecule has 0 saturated heterocycles. The zero-order valence-corrected chi connectivity index (χ0v) is 16.7. The van der Waals surface area contributed by atoms with E-state index < -0.39 is 0 Å². The topological polar surface area (TPSA) is 45.5 Å². The normalized spacial score (nSPS) is 11.0. The number of pyridine rings is 1. The molecule has 0 saturated carbocycles. The van der Waals surface area contributed by atoms with E-state index in [-0.39, 0.29) is 24.0 Å². The van der Waals surface area contributed by atoms with Gasteiger partial charge in [0.1, 0.15) is 5.15 Å². The van der Waals surface area contributed by atoms with E-state index in [1.807, 2.05) is 38.5 Å². The maximum Gasteiger partial charge on any atom is 0.193 e. The first-order chi connectivity index (χ1) is 10.6. The van der Waals surface area contributed by atoms with Crippen LogP contribution < -0.4 is 5.32 Å². The van der Waals surface area contributed by atoms with Crippen LogP contribution in [0.15, 0.2) is 41.7 Å². The van der Waals surface area contributed by atoms with Crippen LogP contribution in [0.1, 0.15) is 11.3 Å². The average Bonchev–Trinajstić information content (AvgIpc) is 2.90. The van der Waals surface area contributed by atoms with Crippen molar-refractivity contribution in [2.75, 3.05) is 20.6 Å². The van der Waals surface area contributed by atoms with Crippen LogP contribution in [0.4, 0.5) is 0 Å². The van der Waals surface area contributed by atoms with E-state index in [9.17, 15) is 0 Å². The molecule has 0 spiro atoms. The van der Waals surface area contributed by atoms with E-state index in [0.717, 1.165) is 31.0 Å². The minimum atomic E-state index is 0. The van der Waals surface area contributed by atoms with Gasteiger partial charge >= 0.3 is 0 Å². The Kier molecular flexibility index (Phi) is 8.40. The molecule has 0 aliphatic heterocycles. The molecule has 2 rings (SSSR count). The monoisotopic (exact) mass is 447 g/mol. The summed E-state index contributed by atoms with van der Waals surface area (Å²) in [5.74, 6) is 0.878. The second kappa shape index (κ2) is 9.77. The number of nitrogens with zero attached hydrogens (tertiary/aromatic N) is 4. The summed E-state index contributed by atoms with van der Waals surface area (Å²) in [6, 6.07) is 7.97. The van der Waals surface area contributed by atoms with Crippen molar-refractivity contribution in [3.63, 3.8) is 0 Å². The number of hydrogen-bond donors (Lipinski definition) is 1. The predicted molar refractivity (Wildman–Crippen MR) is 107 cm³/mol. The Bertz CT molecular complexity index is 624. The second-order valence-corrected chi connectivity index (χ2v) is 5.57. The molecular weight excluding hydrogens is 425 g/mol. The molecule has 2 heterocycles. The molecule has 2 aromatic rings. The van der Waals surface area contributed by atoms with Crippen molar-refractivity contribution in [1.82, 2.24) is 19.8 Å². The maximum atomic E-state index is 5.79. The van der Waals surface area contributed by atoms with Crippen molar-refractivity contribution in [3.05, 3.63) is 53.1 Å². The summed E-state index contributed by atoms with van der Waals surface area (Å²) in [5.41, 5.74) is 2.39. The van der Waals surface area contributed by atoms with E-state index in [1.54, 1.807) is 13.2 Å². The average molecular weight is 448 g/mol. The van der Waals surface area contributed by atoms with Gasteiger partial charge in [0, 0.05) is 45.8 Å². The van der Waals surface area contributed by atoms with E-state index in [1.165, 1.54) is 5.69 Å². The SMILES string of the molecule is CN=C(NCCc1ccc(Cl)nc1)N(C)Cc1cccn1C.I. The van der Waals surface area contributed by atoms with E-state index >= 15 is 0 Å². The highest BCUT2D eigenvalue weighted by Crippen LogP contribution is 2.06. The number of aliphatic imine (C=N–C) groups is 1. The fraction of sp³-hybridized carbons (Fsp3) is 0.375. The molecule has 0 unspecified atom stereocenters. The lowest BCUT2D eigenvalue weighted by atomic mass is 10.2. The quantitative estimate of drug-likeness (QED) is 0.332.